The standard InChI is InChI=1S/C16H27N/c1-7-15(3,4)12-10-9-11-13(17)14(12)16(5,6)8-2/h9-11H,7-8,17H2,1-6H3. The fourth-order valence-corrected chi connectivity index (χ4v) is 2.26. The van der Waals surface area contributed by atoms with Crippen LogP contribution >= 0.6 is 0 Å². The highest BCUT2D eigenvalue weighted by Gasteiger charge is 2.30. The molecule has 0 heterocycles. The van der Waals surface area contributed by atoms with Crippen molar-refractivity contribution in [3.05, 3.63) is 29.3 Å². The highest BCUT2D eigenvalue weighted by atomic mass is 14.6. The zero-order valence-corrected chi connectivity index (χ0v) is 12.2. The molecule has 1 aromatic rings. The average Bonchev–Trinajstić information content (AvgIpc) is 2.28. The van der Waals surface area contributed by atoms with Gasteiger partial charge in [0.1, 0.15) is 0 Å². The molecular weight excluding hydrogens is 206 g/mol. The normalized spacial score (nSPS) is 12.8. The number of hydrogen-bond donors (Lipinski definition) is 1. The van der Waals surface area contributed by atoms with Gasteiger partial charge in [-0.05, 0) is 40.9 Å². The Balaban J connectivity index is 3.48. The van der Waals surface area contributed by atoms with Crippen molar-refractivity contribution in [1.29, 1.82) is 0 Å². The second-order valence-corrected chi connectivity index (χ2v) is 6.24. The zero-order chi connectivity index (χ0) is 13.3. The molecule has 0 aliphatic rings. The lowest BCUT2D eigenvalue weighted by Gasteiger charge is -2.34. The minimum absolute atomic E-state index is 0.146. The Morgan fingerprint density at radius 3 is 1.94 bits per heavy atom. The Hall–Kier alpha value is -0.980. The van der Waals surface area contributed by atoms with E-state index in [-0.39, 0.29) is 10.8 Å². The van der Waals surface area contributed by atoms with Crippen molar-refractivity contribution < 1.29 is 0 Å². The third kappa shape index (κ3) is 2.65. The summed E-state index contributed by atoms with van der Waals surface area (Å²) in [6.45, 7) is 13.6. The number of hydrogen-bond acceptors (Lipinski definition) is 1. The van der Waals surface area contributed by atoms with Crippen LogP contribution in [-0.2, 0) is 10.8 Å². The monoisotopic (exact) mass is 233 g/mol. The van der Waals surface area contributed by atoms with E-state index in [2.05, 4.69) is 53.7 Å². The number of benzene rings is 1. The summed E-state index contributed by atoms with van der Waals surface area (Å²) in [6, 6.07) is 6.35. The molecule has 0 unspecified atom stereocenters. The van der Waals surface area contributed by atoms with Gasteiger partial charge in [0.2, 0.25) is 0 Å². The number of nitrogens with two attached hydrogens (primary N) is 1. The fraction of sp³-hybridized carbons (Fsp3) is 0.625. The van der Waals surface area contributed by atoms with E-state index in [0.29, 0.717) is 0 Å². The zero-order valence-electron chi connectivity index (χ0n) is 12.2. The summed E-state index contributed by atoms with van der Waals surface area (Å²) in [6.07, 6.45) is 2.23. The van der Waals surface area contributed by atoms with Crippen LogP contribution in [0.2, 0.25) is 0 Å². The molecule has 0 aliphatic carbocycles. The van der Waals surface area contributed by atoms with Gasteiger partial charge in [-0.2, -0.15) is 0 Å². The summed E-state index contributed by atoms with van der Waals surface area (Å²) >= 11 is 0. The van der Waals surface area contributed by atoms with Crippen LogP contribution in [0.4, 0.5) is 5.69 Å². The van der Waals surface area contributed by atoms with Crippen LogP contribution < -0.4 is 5.73 Å². The second-order valence-electron chi connectivity index (χ2n) is 6.24. The summed E-state index contributed by atoms with van der Waals surface area (Å²) in [5.74, 6) is 0. The molecule has 1 nitrogen and oxygen atoms in total. The third-order valence-electron chi connectivity index (χ3n) is 4.27. The van der Waals surface area contributed by atoms with Crippen molar-refractivity contribution in [2.75, 3.05) is 5.73 Å². The Morgan fingerprint density at radius 1 is 0.941 bits per heavy atom. The van der Waals surface area contributed by atoms with E-state index < -0.39 is 0 Å². The van der Waals surface area contributed by atoms with Crippen LogP contribution in [-0.4, -0.2) is 0 Å². The molecule has 0 amide bonds. The van der Waals surface area contributed by atoms with Crippen LogP contribution in [0.25, 0.3) is 0 Å². The van der Waals surface area contributed by atoms with Crippen LogP contribution in [0, 0.1) is 0 Å². The summed E-state index contributed by atoms with van der Waals surface area (Å²) in [7, 11) is 0. The predicted octanol–water partition coefficient (Wildman–Crippen LogP) is 4.64. The highest BCUT2D eigenvalue weighted by Crippen LogP contribution is 2.40. The molecular formula is C16H27N. The van der Waals surface area contributed by atoms with Crippen molar-refractivity contribution in [2.24, 2.45) is 0 Å². The van der Waals surface area contributed by atoms with E-state index in [4.69, 9.17) is 5.73 Å². The smallest absolute Gasteiger partial charge is 0.0355 e. The minimum atomic E-state index is 0.146. The molecule has 0 saturated carbocycles. The Kier molecular flexibility index (Phi) is 3.91. The quantitative estimate of drug-likeness (QED) is 0.753. The molecule has 0 fully saturated rings. The number of nitrogen functional groups attached to an aromatic ring is 1. The lowest BCUT2D eigenvalue weighted by molar-refractivity contribution is 0.457. The van der Waals surface area contributed by atoms with Gasteiger partial charge in [-0.15, -0.1) is 0 Å². The molecule has 0 atom stereocenters. The molecule has 0 saturated heterocycles. The Morgan fingerprint density at radius 2 is 1.47 bits per heavy atom. The number of anilines is 1. The van der Waals surface area contributed by atoms with Gasteiger partial charge < -0.3 is 5.73 Å². The third-order valence-corrected chi connectivity index (χ3v) is 4.27. The van der Waals surface area contributed by atoms with Crippen LogP contribution in [0.1, 0.15) is 65.5 Å². The summed E-state index contributed by atoms with van der Waals surface area (Å²) in [5, 5.41) is 0. The maximum atomic E-state index is 6.23. The molecule has 1 aromatic carbocycles. The van der Waals surface area contributed by atoms with E-state index in [1.165, 1.54) is 11.1 Å². The van der Waals surface area contributed by atoms with Gasteiger partial charge >= 0.3 is 0 Å². The first-order chi connectivity index (χ1) is 7.76. The molecule has 96 valence electrons. The van der Waals surface area contributed by atoms with Gasteiger partial charge in [-0.3, -0.25) is 0 Å². The van der Waals surface area contributed by atoms with Gasteiger partial charge in [0.15, 0.2) is 0 Å². The first kappa shape index (κ1) is 14.1. The lowest BCUT2D eigenvalue weighted by atomic mass is 9.71. The van der Waals surface area contributed by atoms with Crippen LogP contribution in [0.15, 0.2) is 18.2 Å². The van der Waals surface area contributed by atoms with Crippen molar-refractivity contribution in [3.63, 3.8) is 0 Å². The van der Waals surface area contributed by atoms with E-state index in [1.54, 1.807) is 0 Å². The molecule has 1 heteroatoms. The summed E-state index contributed by atoms with van der Waals surface area (Å²) in [4.78, 5) is 0. The van der Waals surface area contributed by atoms with E-state index >= 15 is 0 Å². The molecule has 2 N–H and O–H groups in total. The maximum Gasteiger partial charge on any atom is 0.0355 e. The number of rotatable bonds is 4. The highest BCUT2D eigenvalue weighted by molar-refractivity contribution is 5.56. The van der Waals surface area contributed by atoms with E-state index in [9.17, 15) is 0 Å². The van der Waals surface area contributed by atoms with Gasteiger partial charge in [-0.25, -0.2) is 0 Å². The van der Waals surface area contributed by atoms with E-state index in [1.807, 2.05) is 6.07 Å². The molecule has 0 bridgehead atoms. The maximum absolute atomic E-state index is 6.23. The molecule has 17 heavy (non-hydrogen) atoms. The first-order valence-corrected chi connectivity index (χ1v) is 6.65. The van der Waals surface area contributed by atoms with Gasteiger partial charge in [0.05, 0.1) is 0 Å². The van der Waals surface area contributed by atoms with Crippen LogP contribution in [0.3, 0.4) is 0 Å². The predicted molar refractivity (Wildman–Crippen MR) is 77.5 cm³/mol. The first-order valence-electron chi connectivity index (χ1n) is 6.65. The molecule has 0 aliphatic heterocycles. The minimum Gasteiger partial charge on any atom is -0.398 e. The largest absolute Gasteiger partial charge is 0.398 e. The fourth-order valence-electron chi connectivity index (χ4n) is 2.26. The molecule has 0 spiro atoms. The SMILES string of the molecule is CCC(C)(C)c1cccc(N)c1C(C)(C)CC. The van der Waals surface area contributed by atoms with Crippen molar-refractivity contribution >= 4 is 5.69 Å². The summed E-state index contributed by atoms with van der Waals surface area (Å²) < 4.78 is 0. The molecule has 1 rings (SSSR count). The van der Waals surface area contributed by atoms with Gasteiger partial charge in [-0.1, -0.05) is 53.7 Å². The average molecular weight is 233 g/mol. The van der Waals surface area contributed by atoms with Crippen molar-refractivity contribution in [1.82, 2.24) is 0 Å². The Labute approximate surface area is 106 Å². The van der Waals surface area contributed by atoms with Gasteiger partial charge in [0, 0.05) is 5.69 Å². The topological polar surface area (TPSA) is 26.0 Å². The molecule has 0 aromatic heterocycles. The van der Waals surface area contributed by atoms with Crippen molar-refractivity contribution in [2.45, 2.75) is 65.2 Å². The van der Waals surface area contributed by atoms with Gasteiger partial charge in [0.25, 0.3) is 0 Å². The molecule has 0 radical (unpaired) electrons. The lowest BCUT2D eigenvalue weighted by Crippen LogP contribution is -2.26. The van der Waals surface area contributed by atoms with E-state index in [0.717, 1.165) is 18.5 Å². The van der Waals surface area contributed by atoms with Crippen LogP contribution in [0.5, 0.6) is 0 Å². The summed E-state index contributed by atoms with van der Waals surface area (Å²) in [5.41, 5.74) is 10.3. The van der Waals surface area contributed by atoms with Crippen molar-refractivity contribution in [3.8, 4) is 0 Å². The second kappa shape index (κ2) is 4.72. The Bertz CT molecular complexity index is 389.